The van der Waals surface area contributed by atoms with Crippen molar-refractivity contribution in [2.75, 3.05) is 7.11 Å². The molecule has 0 amide bonds. The van der Waals surface area contributed by atoms with E-state index in [1.54, 1.807) is 30.3 Å². The fourth-order valence-electron chi connectivity index (χ4n) is 2.78. The summed E-state index contributed by atoms with van der Waals surface area (Å²) in [6.45, 7) is 0. The molecule has 2 aromatic rings. The lowest BCUT2D eigenvalue weighted by Gasteiger charge is -2.30. The van der Waals surface area contributed by atoms with Gasteiger partial charge in [0.2, 0.25) is 0 Å². The predicted octanol–water partition coefficient (Wildman–Crippen LogP) is 3.45. The highest BCUT2D eigenvalue weighted by Gasteiger charge is 2.38. The Labute approximate surface area is 142 Å². The third-order valence-electron chi connectivity index (χ3n) is 3.98. The topological polar surface area (TPSA) is 52.6 Å². The van der Waals surface area contributed by atoms with Gasteiger partial charge in [-0.25, -0.2) is 18.4 Å². The van der Waals surface area contributed by atoms with Gasteiger partial charge in [-0.05, 0) is 23.8 Å². The van der Waals surface area contributed by atoms with Crippen LogP contribution < -0.4 is 0 Å². The molecule has 0 aromatic heterocycles. The highest BCUT2D eigenvalue weighted by molar-refractivity contribution is 6.14. The van der Waals surface area contributed by atoms with Crippen LogP contribution in [0, 0.1) is 11.6 Å². The van der Waals surface area contributed by atoms with Gasteiger partial charge in [0, 0.05) is 11.5 Å². The lowest BCUT2D eigenvalue weighted by Crippen LogP contribution is -2.28. The molecule has 0 N–H and O–H groups in total. The van der Waals surface area contributed by atoms with Crippen LogP contribution in [0.4, 0.5) is 8.78 Å². The number of halogens is 2. The van der Waals surface area contributed by atoms with Crippen molar-refractivity contribution in [2.24, 2.45) is 0 Å². The number of cyclic esters (lactones) is 1. The molecule has 1 aliphatic rings. The van der Waals surface area contributed by atoms with Crippen molar-refractivity contribution in [1.29, 1.82) is 0 Å². The van der Waals surface area contributed by atoms with Crippen LogP contribution in [0.3, 0.4) is 0 Å². The van der Waals surface area contributed by atoms with Gasteiger partial charge in [0.25, 0.3) is 0 Å². The SMILES string of the molecule is COC(=O)C1=C[C@H](c2ccccc2)[C@@H](c2cc(F)ccc2F)OC1=O. The lowest BCUT2D eigenvalue weighted by molar-refractivity contribution is -0.151. The molecule has 0 aliphatic carbocycles. The molecular weight excluding hydrogens is 330 g/mol. The van der Waals surface area contributed by atoms with E-state index in [1.165, 1.54) is 6.08 Å². The Morgan fingerprint density at radius 2 is 1.84 bits per heavy atom. The maximum absolute atomic E-state index is 14.2. The first kappa shape index (κ1) is 16.8. The van der Waals surface area contributed by atoms with Crippen LogP contribution in [0.15, 0.2) is 60.2 Å². The van der Waals surface area contributed by atoms with E-state index in [4.69, 9.17) is 4.74 Å². The van der Waals surface area contributed by atoms with Gasteiger partial charge < -0.3 is 9.47 Å². The van der Waals surface area contributed by atoms with E-state index in [9.17, 15) is 18.4 Å². The zero-order chi connectivity index (χ0) is 18.0. The molecule has 25 heavy (non-hydrogen) atoms. The van der Waals surface area contributed by atoms with E-state index in [0.29, 0.717) is 5.56 Å². The summed E-state index contributed by atoms with van der Waals surface area (Å²) in [4.78, 5) is 23.9. The maximum Gasteiger partial charge on any atom is 0.345 e. The monoisotopic (exact) mass is 344 g/mol. The first-order valence-electron chi connectivity index (χ1n) is 7.52. The molecule has 0 radical (unpaired) electrons. The minimum absolute atomic E-state index is 0.0950. The lowest BCUT2D eigenvalue weighted by atomic mass is 9.85. The summed E-state index contributed by atoms with van der Waals surface area (Å²) >= 11 is 0. The van der Waals surface area contributed by atoms with Gasteiger partial charge in [0.15, 0.2) is 0 Å². The van der Waals surface area contributed by atoms with Crippen molar-refractivity contribution < 1.29 is 27.8 Å². The second-order valence-corrected chi connectivity index (χ2v) is 5.50. The van der Waals surface area contributed by atoms with E-state index in [0.717, 1.165) is 25.3 Å². The second-order valence-electron chi connectivity index (χ2n) is 5.50. The summed E-state index contributed by atoms with van der Waals surface area (Å²) in [5.41, 5.74) is 0.317. The van der Waals surface area contributed by atoms with Gasteiger partial charge in [-0.1, -0.05) is 36.4 Å². The number of benzene rings is 2. The molecule has 1 heterocycles. The van der Waals surface area contributed by atoms with Crippen molar-refractivity contribution in [2.45, 2.75) is 12.0 Å². The molecule has 128 valence electrons. The van der Waals surface area contributed by atoms with Crippen LogP contribution in [0.1, 0.15) is 23.1 Å². The molecule has 1 aliphatic heterocycles. The number of methoxy groups -OCH3 is 1. The highest BCUT2D eigenvalue weighted by atomic mass is 19.1. The number of ether oxygens (including phenoxy) is 2. The Hall–Kier alpha value is -3.02. The van der Waals surface area contributed by atoms with Gasteiger partial charge in [0.1, 0.15) is 23.3 Å². The third kappa shape index (κ3) is 3.28. The summed E-state index contributed by atoms with van der Waals surface area (Å²) in [5, 5.41) is 0. The van der Waals surface area contributed by atoms with Crippen molar-refractivity contribution in [3.63, 3.8) is 0 Å². The van der Waals surface area contributed by atoms with Crippen LogP contribution in [0.5, 0.6) is 0 Å². The first-order chi connectivity index (χ1) is 12.0. The number of rotatable bonds is 3. The standard InChI is InChI=1S/C19H14F2O4/c1-24-18(22)15-10-13(11-5-3-2-4-6-11)17(25-19(15)23)14-9-12(20)7-8-16(14)21/h2-10,13,17H,1H3/t13-,17+/m1/s1. The minimum atomic E-state index is -1.10. The smallest absolute Gasteiger partial charge is 0.345 e. The number of esters is 2. The molecule has 0 saturated carbocycles. The zero-order valence-electron chi connectivity index (χ0n) is 13.2. The number of carbonyl (C=O) groups is 2. The van der Waals surface area contributed by atoms with Gasteiger partial charge in [-0.15, -0.1) is 0 Å². The van der Waals surface area contributed by atoms with Crippen molar-refractivity contribution in [3.05, 3.63) is 82.9 Å². The van der Waals surface area contributed by atoms with Crippen LogP contribution in [0.25, 0.3) is 0 Å². The Kier molecular flexibility index (Phi) is 4.61. The summed E-state index contributed by atoms with van der Waals surface area (Å²) in [7, 11) is 1.15. The molecule has 0 fully saturated rings. The van der Waals surface area contributed by atoms with Crippen molar-refractivity contribution in [3.8, 4) is 0 Å². The van der Waals surface area contributed by atoms with E-state index in [-0.39, 0.29) is 11.1 Å². The molecule has 4 nitrogen and oxygen atoms in total. The summed E-state index contributed by atoms with van der Waals surface area (Å²) in [6, 6.07) is 11.8. The third-order valence-corrected chi connectivity index (χ3v) is 3.98. The number of hydrogen-bond acceptors (Lipinski definition) is 4. The molecule has 2 aromatic carbocycles. The number of carbonyl (C=O) groups excluding carboxylic acids is 2. The van der Waals surface area contributed by atoms with Crippen LogP contribution in [-0.2, 0) is 19.1 Å². The first-order valence-corrected chi connectivity index (χ1v) is 7.52. The largest absolute Gasteiger partial charge is 0.465 e. The summed E-state index contributed by atoms with van der Waals surface area (Å²) < 4.78 is 37.7. The molecular formula is C19H14F2O4. The Balaban J connectivity index is 2.13. The molecule has 3 rings (SSSR count). The Morgan fingerprint density at radius 3 is 2.52 bits per heavy atom. The van der Waals surface area contributed by atoms with Gasteiger partial charge in [-0.2, -0.15) is 0 Å². The Morgan fingerprint density at radius 1 is 1.12 bits per heavy atom. The molecule has 0 spiro atoms. The maximum atomic E-state index is 14.2. The van der Waals surface area contributed by atoms with Crippen molar-refractivity contribution in [1.82, 2.24) is 0 Å². The quantitative estimate of drug-likeness (QED) is 0.632. The van der Waals surface area contributed by atoms with E-state index in [1.807, 2.05) is 0 Å². The molecule has 6 heteroatoms. The normalized spacial score (nSPS) is 19.8. The van der Waals surface area contributed by atoms with Crippen LogP contribution in [0.2, 0.25) is 0 Å². The molecule has 0 unspecified atom stereocenters. The molecule has 0 bridgehead atoms. The highest BCUT2D eigenvalue weighted by Crippen LogP contribution is 2.41. The molecule has 2 atom stereocenters. The second kappa shape index (κ2) is 6.84. The Bertz CT molecular complexity index is 846. The average Bonchev–Trinajstić information content (AvgIpc) is 2.63. The fourth-order valence-corrected chi connectivity index (χ4v) is 2.78. The minimum Gasteiger partial charge on any atom is -0.465 e. The van der Waals surface area contributed by atoms with Gasteiger partial charge >= 0.3 is 11.9 Å². The summed E-state index contributed by atoms with van der Waals surface area (Å²) in [5.74, 6) is -3.79. The molecule has 0 saturated heterocycles. The van der Waals surface area contributed by atoms with Gasteiger partial charge in [0.05, 0.1) is 7.11 Å². The van der Waals surface area contributed by atoms with Crippen LogP contribution >= 0.6 is 0 Å². The van der Waals surface area contributed by atoms with Gasteiger partial charge in [-0.3, -0.25) is 0 Å². The van der Waals surface area contributed by atoms with Crippen molar-refractivity contribution >= 4 is 11.9 Å². The van der Waals surface area contributed by atoms with E-state index in [2.05, 4.69) is 4.74 Å². The number of hydrogen-bond donors (Lipinski definition) is 0. The van der Waals surface area contributed by atoms with E-state index < -0.39 is 35.6 Å². The zero-order valence-corrected chi connectivity index (χ0v) is 13.2. The predicted molar refractivity (Wildman–Crippen MR) is 84.5 cm³/mol. The average molecular weight is 344 g/mol. The van der Waals surface area contributed by atoms with Crippen LogP contribution in [-0.4, -0.2) is 19.0 Å². The summed E-state index contributed by atoms with van der Waals surface area (Å²) in [6.07, 6.45) is 0.279. The van der Waals surface area contributed by atoms with E-state index >= 15 is 0 Å². The fraction of sp³-hybridized carbons (Fsp3) is 0.158.